The number of hydrogen-bond donors (Lipinski definition) is 1. The molecule has 0 aromatic heterocycles. The predicted octanol–water partition coefficient (Wildman–Crippen LogP) is -0.945. The Bertz CT molecular complexity index is 426. The number of halogens is 1. The van der Waals surface area contributed by atoms with Gasteiger partial charge in [0.2, 0.25) is 0 Å². The van der Waals surface area contributed by atoms with E-state index in [2.05, 4.69) is 51.5 Å². The van der Waals surface area contributed by atoms with Crippen LogP contribution in [-0.2, 0) is 16.8 Å². The third kappa shape index (κ3) is 22.0. The molecule has 0 amide bonds. The summed E-state index contributed by atoms with van der Waals surface area (Å²) in [5.74, 6) is 0. The van der Waals surface area contributed by atoms with Crippen molar-refractivity contribution in [1.29, 1.82) is 0 Å². The van der Waals surface area contributed by atoms with Gasteiger partial charge in [-0.2, -0.15) is 14.0 Å². The average Bonchev–Trinajstić information content (AvgIpc) is 2.36. The first-order valence-electron chi connectivity index (χ1n) is 8.21. The standard InChI is InChI=1S/C16H30N4.ClHO4.Co.H2O/c1-13-11-15(3,4)19-10-8-18-14(2)12-16(5,6)20-9-7-17-13;2-1(3,4)5;;/h7-12H2,1-6H3;(H,2,3,4,5);;1H2/q-2;;+2;. The molecule has 0 fully saturated rings. The second kappa shape index (κ2) is 13.9. The van der Waals surface area contributed by atoms with Gasteiger partial charge in [0, 0.05) is 24.5 Å². The molecule has 27 heavy (non-hydrogen) atoms. The number of rotatable bonds is 0. The van der Waals surface area contributed by atoms with Crippen LogP contribution in [0.5, 0.6) is 0 Å². The van der Waals surface area contributed by atoms with Gasteiger partial charge < -0.3 is 16.1 Å². The van der Waals surface area contributed by atoms with E-state index in [1.807, 2.05) is 0 Å². The summed E-state index contributed by atoms with van der Waals surface area (Å²) in [7, 11) is -4.69. The molecular formula is C16H33ClCoN4O5. The molecule has 0 aromatic carbocycles. The number of nitrogens with zero attached hydrogens (tertiary/aromatic N) is 4. The minimum atomic E-state index is -4.69. The smallest absolute Gasteiger partial charge is 0.655 e. The Balaban J connectivity index is -0.000000729. The third-order valence-electron chi connectivity index (χ3n) is 3.42. The Morgan fingerprint density at radius 3 is 1.37 bits per heavy atom. The first-order chi connectivity index (χ1) is 11.2. The molecule has 1 aliphatic heterocycles. The van der Waals surface area contributed by atoms with Crippen molar-refractivity contribution in [3.8, 4) is 0 Å². The maximum absolute atomic E-state index is 8.60. The van der Waals surface area contributed by atoms with E-state index in [-0.39, 0.29) is 33.3 Å². The van der Waals surface area contributed by atoms with Crippen LogP contribution in [-0.4, -0.2) is 58.8 Å². The van der Waals surface area contributed by atoms with Crippen molar-refractivity contribution in [2.45, 2.75) is 65.5 Å². The van der Waals surface area contributed by atoms with Crippen molar-refractivity contribution < 1.29 is 51.1 Å². The van der Waals surface area contributed by atoms with Crippen molar-refractivity contribution in [1.82, 2.24) is 0 Å². The molecule has 11 heteroatoms. The van der Waals surface area contributed by atoms with Crippen molar-refractivity contribution >= 4 is 11.4 Å². The second-order valence-electron chi connectivity index (χ2n) is 7.37. The average molecular weight is 456 g/mol. The largest absolute Gasteiger partial charge is 2.00 e. The van der Waals surface area contributed by atoms with Gasteiger partial charge in [0.25, 0.3) is 0 Å². The maximum Gasteiger partial charge on any atom is 2.00 e. The molecule has 163 valence electrons. The molecule has 1 heterocycles. The monoisotopic (exact) mass is 455 g/mol. The van der Waals surface area contributed by atoms with Gasteiger partial charge in [-0.3, -0.25) is 9.98 Å². The van der Waals surface area contributed by atoms with E-state index in [0.29, 0.717) is 0 Å². The number of aliphatic imine (C=N–C) groups is 2. The molecule has 0 unspecified atom stereocenters. The molecule has 0 aliphatic carbocycles. The Morgan fingerprint density at radius 1 is 0.852 bits per heavy atom. The van der Waals surface area contributed by atoms with E-state index in [4.69, 9.17) is 29.3 Å². The zero-order chi connectivity index (χ0) is 19.7. The summed E-state index contributed by atoms with van der Waals surface area (Å²) in [6, 6.07) is 0. The summed E-state index contributed by atoms with van der Waals surface area (Å²) in [4.78, 5) is 9.25. The van der Waals surface area contributed by atoms with Gasteiger partial charge in [0.05, 0.1) is 14.9 Å². The zero-order valence-corrected chi connectivity index (χ0v) is 18.7. The van der Waals surface area contributed by atoms with E-state index in [0.717, 1.165) is 39.0 Å². The van der Waals surface area contributed by atoms with Crippen LogP contribution >= 0.6 is 0 Å². The Labute approximate surface area is 175 Å². The molecular weight excluding hydrogens is 423 g/mol. The molecule has 1 rings (SSSR count). The summed E-state index contributed by atoms with van der Waals surface area (Å²) in [6.45, 7) is 16.0. The molecule has 3 N–H and O–H groups in total. The van der Waals surface area contributed by atoms with Crippen LogP contribution in [0.2, 0.25) is 0 Å². The van der Waals surface area contributed by atoms with Crippen molar-refractivity contribution in [3.63, 3.8) is 0 Å². The fourth-order valence-corrected chi connectivity index (χ4v) is 2.66. The molecule has 0 saturated heterocycles. The minimum absolute atomic E-state index is 0. The van der Waals surface area contributed by atoms with Gasteiger partial charge in [-0.1, -0.05) is 27.7 Å². The quantitative estimate of drug-likeness (QED) is 0.496. The number of hydrogen-bond acceptors (Lipinski definition) is 6. The summed E-state index contributed by atoms with van der Waals surface area (Å²) in [6.07, 6.45) is 1.83. The van der Waals surface area contributed by atoms with Gasteiger partial charge in [-0.25, -0.2) is 0 Å². The van der Waals surface area contributed by atoms with Crippen molar-refractivity contribution in [3.05, 3.63) is 10.6 Å². The molecule has 0 saturated carbocycles. The van der Waals surface area contributed by atoms with E-state index in [1.54, 1.807) is 0 Å². The first-order valence-corrected chi connectivity index (χ1v) is 9.47. The van der Waals surface area contributed by atoms with Crippen molar-refractivity contribution in [2.24, 2.45) is 9.98 Å². The molecule has 0 spiro atoms. The van der Waals surface area contributed by atoms with Crippen LogP contribution in [0.15, 0.2) is 9.98 Å². The van der Waals surface area contributed by atoms with E-state index >= 15 is 0 Å². The topological polar surface area (TPSA) is 174 Å². The van der Waals surface area contributed by atoms with Crippen LogP contribution in [0.4, 0.5) is 0 Å². The van der Waals surface area contributed by atoms with Crippen LogP contribution < -0.4 is 14.0 Å². The predicted molar refractivity (Wildman–Crippen MR) is 95.6 cm³/mol. The van der Waals surface area contributed by atoms with Crippen LogP contribution in [0.3, 0.4) is 0 Å². The van der Waals surface area contributed by atoms with Crippen LogP contribution in [0.25, 0.3) is 10.6 Å². The van der Waals surface area contributed by atoms with E-state index in [1.165, 1.54) is 11.4 Å². The summed E-state index contributed by atoms with van der Waals surface area (Å²) < 4.78 is 32.7. The maximum atomic E-state index is 8.60. The fraction of sp³-hybridized carbons (Fsp3) is 0.875. The SMILES string of the molecule is CC1=NCC[N-]C(C)(C)CC(C)=NCC[N-]C(C)(C)C1.O.[Co+2].[O-][Cl+3]([O-])([O-])O. The van der Waals surface area contributed by atoms with Gasteiger partial charge in [0.1, 0.15) is 0 Å². The summed E-state index contributed by atoms with van der Waals surface area (Å²) >= 11 is 0. The normalized spacial score (nSPS) is 21.0. The van der Waals surface area contributed by atoms with E-state index < -0.39 is 10.2 Å². The molecule has 9 nitrogen and oxygen atoms in total. The van der Waals surface area contributed by atoms with E-state index in [9.17, 15) is 0 Å². The Hall–Kier alpha value is -0.144. The molecule has 0 bridgehead atoms. The molecule has 0 aromatic rings. The minimum Gasteiger partial charge on any atom is -0.655 e. The van der Waals surface area contributed by atoms with Crippen LogP contribution in [0, 0.1) is 10.2 Å². The van der Waals surface area contributed by atoms with Gasteiger partial charge in [0.15, 0.2) is 0 Å². The summed E-state index contributed by atoms with van der Waals surface area (Å²) in [5, 5.41) is 9.51. The molecule has 1 aliphatic rings. The first kappa shape index (κ1) is 31.5. The molecule has 1 radical (unpaired) electrons. The Kier molecular flexibility index (Phi) is 16.3. The van der Waals surface area contributed by atoms with Gasteiger partial charge >= 0.3 is 16.8 Å². The zero-order valence-electron chi connectivity index (χ0n) is 16.9. The van der Waals surface area contributed by atoms with Crippen molar-refractivity contribution in [2.75, 3.05) is 26.2 Å². The fourth-order valence-electron chi connectivity index (χ4n) is 2.66. The molecule has 0 atom stereocenters. The third-order valence-corrected chi connectivity index (χ3v) is 3.42. The van der Waals surface area contributed by atoms with Gasteiger partial charge in [-0.15, -0.1) is 24.2 Å². The second-order valence-corrected chi connectivity index (χ2v) is 8.16. The van der Waals surface area contributed by atoms with Crippen LogP contribution in [0.1, 0.15) is 54.4 Å². The Morgan fingerprint density at radius 2 is 1.11 bits per heavy atom. The summed E-state index contributed by atoms with van der Waals surface area (Å²) in [5.41, 5.74) is 2.25. The van der Waals surface area contributed by atoms with Gasteiger partial charge in [-0.05, 0) is 26.7 Å².